The lowest BCUT2D eigenvalue weighted by Gasteiger charge is -2.09. The molecule has 0 aliphatic rings. The fourth-order valence-electron chi connectivity index (χ4n) is 2.57. The molecule has 130 valence electrons. The fourth-order valence-corrected chi connectivity index (χ4v) is 2.57. The second kappa shape index (κ2) is 11.8. The Balaban J connectivity index is 2.10. The molecule has 0 radical (unpaired) electrons. The zero-order chi connectivity index (χ0) is 16.9. The van der Waals surface area contributed by atoms with Gasteiger partial charge in [0, 0.05) is 6.42 Å². The second-order valence-corrected chi connectivity index (χ2v) is 5.62. The van der Waals surface area contributed by atoms with Crippen molar-refractivity contribution in [3.63, 3.8) is 0 Å². The Labute approximate surface area is 140 Å². The van der Waals surface area contributed by atoms with Gasteiger partial charge in [-0.1, -0.05) is 31.7 Å². The Kier molecular flexibility index (Phi) is 9.92. The van der Waals surface area contributed by atoms with Crippen LogP contribution in [0.1, 0.15) is 57.4 Å². The maximum Gasteiger partial charge on any atom is 0.305 e. The van der Waals surface area contributed by atoms with Gasteiger partial charge in [-0.15, -0.1) is 0 Å². The summed E-state index contributed by atoms with van der Waals surface area (Å²) in [5.41, 5.74) is 1.28. The van der Waals surface area contributed by atoms with Crippen molar-refractivity contribution in [2.75, 3.05) is 20.8 Å². The molecule has 0 atom stereocenters. The van der Waals surface area contributed by atoms with Crippen LogP contribution in [-0.4, -0.2) is 26.8 Å². The van der Waals surface area contributed by atoms with E-state index in [0.29, 0.717) is 13.0 Å². The first-order chi connectivity index (χ1) is 11.2. The van der Waals surface area contributed by atoms with Gasteiger partial charge in [0.2, 0.25) is 0 Å². The van der Waals surface area contributed by atoms with E-state index in [1.54, 1.807) is 14.2 Å². The third-order valence-corrected chi connectivity index (χ3v) is 3.85. The summed E-state index contributed by atoms with van der Waals surface area (Å²) in [6.45, 7) is 2.32. The van der Waals surface area contributed by atoms with E-state index in [-0.39, 0.29) is 5.97 Å². The van der Waals surface area contributed by atoms with Crippen LogP contribution in [0.25, 0.3) is 0 Å². The molecule has 0 aliphatic carbocycles. The minimum Gasteiger partial charge on any atom is -0.493 e. The van der Waals surface area contributed by atoms with Crippen LogP contribution in [0, 0.1) is 0 Å². The van der Waals surface area contributed by atoms with Gasteiger partial charge in [-0.2, -0.15) is 0 Å². The van der Waals surface area contributed by atoms with Crippen molar-refractivity contribution < 1.29 is 19.0 Å². The molecule has 0 unspecified atom stereocenters. The maximum absolute atomic E-state index is 11.2. The molecule has 0 heterocycles. The van der Waals surface area contributed by atoms with E-state index in [1.165, 1.54) is 31.2 Å². The molecule has 23 heavy (non-hydrogen) atoms. The first kappa shape index (κ1) is 19.3. The maximum atomic E-state index is 11.2. The van der Waals surface area contributed by atoms with E-state index >= 15 is 0 Å². The van der Waals surface area contributed by atoms with E-state index in [9.17, 15) is 4.79 Å². The molecule has 0 aromatic heterocycles. The van der Waals surface area contributed by atoms with Crippen molar-refractivity contribution in [3.05, 3.63) is 23.8 Å². The molecule has 1 aromatic carbocycles. The molecule has 0 bridgehead atoms. The summed E-state index contributed by atoms with van der Waals surface area (Å²) < 4.78 is 15.5. The monoisotopic (exact) mass is 322 g/mol. The summed E-state index contributed by atoms with van der Waals surface area (Å²) in [5, 5.41) is 0. The summed E-state index contributed by atoms with van der Waals surface area (Å²) in [4.78, 5) is 11.2. The SMILES string of the molecule is CCOC(=O)CCCCCCCCc1ccc(OC)c(OC)c1. The first-order valence-corrected chi connectivity index (χ1v) is 8.57. The molecular weight excluding hydrogens is 292 g/mol. The highest BCUT2D eigenvalue weighted by atomic mass is 16.5. The first-order valence-electron chi connectivity index (χ1n) is 8.57. The molecular formula is C19H30O4. The van der Waals surface area contributed by atoms with Gasteiger partial charge in [0.15, 0.2) is 11.5 Å². The van der Waals surface area contributed by atoms with E-state index in [0.717, 1.165) is 30.8 Å². The molecule has 0 fully saturated rings. The van der Waals surface area contributed by atoms with E-state index < -0.39 is 0 Å². The number of aryl methyl sites for hydroxylation is 1. The smallest absolute Gasteiger partial charge is 0.305 e. The number of carbonyl (C=O) groups excluding carboxylic acids is 1. The topological polar surface area (TPSA) is 44.8 Å². The zero-order valence-corrected chi connectivity index (χ0v) is 14.7. The minimum atomic E-state index is -0.0686. The molecule has 0 spiro atoms. The number of methoxy groups -OCH3 is 2. The molecule has 1 aromatic rings. The summed E-state index contributed by atoms with van der Waals surface area (Å²) in [5.74, 6) is 1.50. The van der Waals surface area contributed by atoms with Crippen molar-refractivity contribution in [2.24, 2.45) is 0 Å². The van der Waals surface area contributed by atoms with E-state index in [2.05, 4.69) is 12.1 Å². The zero-order valence-electron chi connectivity index (χ0n) is 14.7. The number of benzene rings is 1. The third-order valence-electron chi connectivity index (χ3n) is 3.85. The van der Waals surface area contributed by atoms with Gasteiger partial charge in [-0.25, -0.2) is 0 Å². The van der Waals surface area contributed by atoms with Gasteiger partial charge in [0.1, 0.15) is 0 Å². The number of unbranched alkanes of at least 4 members (excludes halogenated alkanes) is 5. The average Bonchev–Trinajstić information content (AvgIpc) is 2.57. The lowest BCUT2D eigenvalue weighted by atomic mass is 10.0. The van der Waals surface area contributed by atoms with Gasteiger partial charge in [0.25, 0.3) is 0 Å². The minimum absolute atomic E-state index is 0.0686. The summed E-state index contributed by atoms with van der Waals surface area (Å²) in [6.07, 6.45) is 8.45. The van der Waals surface area contributed by atoms with E-state index in [4.69, 9.17) is 14.2 Å². The molecule has 1 rings (SSSR count). The molecule has 4 heteroatoms. The van der Waals surface area contributed by atoms with Gasteiger partial charge in [-0.05, 0) is 43.9 Å². The predicted octanol–water partition coefficient (Wildman–Crippen LogP) is 4.54. The Bertz CT molecular complexity index is 457. The summed E-state index contributed by atoms with van der Waals surface area (Å²) >= 11 is 0. The summed E-state index contributed by atoms with van der Waals surface area (Å²) in [7, 11) is 3.32. The van der Waals surface area contributed by atoms with Crippen LogP contribution >= 0.6 is 0 Å². The quantitative estimate of drug-likeness (QED) is 0.418. The molecule has 0 N–H and O–H groups in total. The van der Waals surface area contributed by atoms with Crippen molar-refractivity contribution >= 4 is 5.97 Å². The average molecular weight is 322 g/mol. The van der Waals surface area contributed by atoms with E-state index in [1.807, 2.05) is 13.0 Å². The Morgan fingerprint density at radius 1 is 0.913 bits per heavy atom. The molecule has 4 nitrogen and oxygen atoms in total. The Morgan fingerprint density at radius 3 is 2.22 bits per heavy atom. The van der Waals surface area contributed by atoms with Crippen LogP contribution in [0.5, 0.6) is 11.5 Å². The fraction of sp³-hybridized carbons (Fsp3) is 0.632. The lowest BCUT2D eigenvalue weighted by Crippen LogP contribution is -2.03. The third kappa shape index (κ3) is 7.91. The van der Waals surface area contributed by atoms with Gasteiger partial charge in [-0.3, -0.25) is 4.79 Å². The highest BCUT2D eigenvalue weighted by Crippen LogP contribution is 2.28. The van der Waals surface area contributed by atoms with Crippen molar-refractivity contribution in [3.8, 4) is 11.5 Å². The normalized spacial score (nSPS) is 10.4. The van der Waals surface area contributed by atoms with Crippen LogP contribution < -0.4 is 9.47 Å². The number of esters is 1. The van der Waals surface area contributed by atoms with Crippen LogP contribution in [0.3, 0.4) is 0 Å². The highest BCUT2D eigenvalue weighted by Gasteiger charge is 2.04. The number of hydrogen-bond acceptors (Lipinski definition) is 4. The molecule has 0 saturated carbocycles. The summed E-state index contributed by atoms with van der Waals surface area (Å²) in [6, 6.07) is 6.11. The number of ether oxygens (including phenoxy) is 3. The van der Waals surface area contributed by atoms with Crippen LogP contribution in [0.15, 0.2) is 18.2 Å². The standard InChI is InChI=1S/C19H30O4/c1-4-23-19(20)12-10-8-6-5-7-9-11-16-13-14-17(21-2)18(15-16)22-3/h13-15H,4-12H2,1-3H3. The molecule has 0 aliphatic heterocycles. The molecule has 0 amide bonds. The van der Waals surface area contributed by atoms with Crippen molar-refractivity contribution in [1.82, 2.24) is 0 Å². The Morgan fingerprint density at radius 2 is 1.57 bits per heavy atom. The largest absolute Gasteiger partial charge is 0.493 e. The molecule has 0 saturated heterocycles. The van der Waals surface area contributed by atoms with Gasteiger partial charge in [0.05, 0.1) is 20.8 Å². The second-order valence-electron chi connectivity index (χ2n) is 5.62. The Hall–Kier alpha value is -1.71. The van der Waals surface area contributed by atoms with Crippen molar-refractivity contribution in [2.45, 2.75) is 58.3 Å². The predicted molar refractivity (Wildman–Crippen MR) is 92.2 cm³/mol. The van der Waals surface area contributed by atoms with Crippen LogP contribution in [-0.2, 0) is 16.0 Å². The lowest BCUT2D eigenvalue weighted by molar-refractivity contribution is -0.143. The number of hydrogen-bond donors (Lipinski definition) is 0. The van der Waals surface area contributed by atoms with Crippen LogP contribution in [0.2, 0.25) is 0 Å². The van der Waals surface area contributed by atoms with Gasteiger partial charge < -0.3 is 14.2 Å². The van der Waals surface area contributed by atoms with Crippen LogP contribution in [0.4, 0.5) is 0 Å². The number of carbonyl (C=O) groups is 1. The van der Waals surface area contributed by atoms with Gasteiger partial charge >= 0.3 is 5.97 Å². The highest BCUT2D eigenvalue weighted by molar-refractivity contribution is 5.69. The number of rotatable bonds is 12. The van der Waals surface area contributed by atoms with Crippen molar-refractivity contribution in [1.29, 1.82) is 0 Å².